The summed E-state index contributed by atoms with van der Waals surface area (Å²) >= 11 is 1.55. The Morgan fingerprint density at radius 2 is 2.12 bits per heavy atom. The zero-order valence-electron chi connectivity index (χ0n) is 9.96. The Morgan fingerprint density at radius 3 is 2.65 bits per heavy atom. The van der Waals surface area contributed by atoms with Crippen LogP contribution in [-0.4, -0.2) is 4.98 Å². The van der Waals surface area contributed by atoms with E-state index in [0.29, 0.717) is 6.54 Å². The Hall–Kier alpha value is -1.26. The highest BCUT2D eigenvalue weighted by molar-refractivity contribution is 7.15. The van der Waals surface area contributed by atoms with Crippen molar-refractivity contribution in [1.29, 1.82) is 0 Å². The predicted octanol–water partition coefficient (Wildman–Crippen LogP) is 3.28. The Kier molecular flexibility index (Phi) is 3.54. The first-order valence-electron chi connectivity index (χ1n) is 5.60. The lowest BCUT2D eigenvalue weighted by molar-refractivity contribution is 0.627. The van der Waals surface area contributed by atoms with E-state index in [1.165, 1.54) is 12.1 Å². The quantitative estimate of drug-likeness (QED) is 0.908. The number of nitrogens with zero attached hydrogens (tertiary/aromatic N) is 1. The lowest BCUT2D eigenvalue weighted by Crippen LogP contribution is -1.96. The van der Waals surface area contributed by atoms with Gasteiger partial charge in [-0.2, -0.15) is 0 Å². The summed E-state index contributed by atoms with van der Waals surface area (Å²) in [5.74, 6) is -0.220. The number of hydrogen-bond acceptors (Lipinski definition) is 3. The van der Waals surface area contributed by atoms with E-state index in [9.17, 15) is 4.39 Å². The van der Waals surface area contributed by atoms with Crippen molar-refractivity contribution in [3.63, 3.8) is 0 Å². The average Bonchev–Trinajstić information content (AvgIpc) is 2.70. The molecule has 90 valence electrons. The fourth-order valence-electron chi connectivity index (χ4n) is 1.80. The average molecular weight is 250 g/mol. The van der Waals surface area contributed by atoms with E-state index in [1.807, 2.05) is 13.0 Å². The van der Waals surface area contributed by atoms with E-state index in [-0.39, 0.29) is 5.82 Å². The van der Waals surface area contributed by atoms with Gasteiger partial charge in [-0.3, -0.25) is 0 Å². The van der Waals surface area contributed by atoms with Crippen LogP contribution in [0, 0.1) is 12.7 Å². The van der Waals surface area contributed by atoms with Crippen LogP contribution < -0.4 is 5.73 Å². The summed E-state index contributed by atoms with van der Waals surface area (Å²) in [4.78, 5) is 5.61. The molecule has 2 N–H and O–H groups in total. The molecule has 0 bridgehead atoms. The number of aromatic nitrogens is 1. The summed E-state index contributed by atoms with van der Waals surface area (Å²) in [6, 6.07) is 4.98. The third-order valence-electron chi connectivity index (χ3n) is 2.59. The van der Waals surface area contributed by atoms with Crippen LogP contribution >= 0.6 is 11.3 Å². The SMILES string of the molecule is CCc1nc(-c2cc(C)cc(F)c2)sc1CN. The molecule has 0 saturated carbocycles. The molecule has 0 spiro atoms. The molecule has 1 aromatic carbocycles. The molecule has 17 heavy (non-hydrogen) atoms. The normalized spacial score (nSPS) is 10.8. The minimum absolute atomic E-state index is 0.220. The van der Waals surface area contributed by atoms with Gasteiger partial charge in [0.1, 0.15) is 10.8 Å². The zero-order chi connectivity index (χ0) is 12.4. The van der Waals surface area contributed by atoms with Gasteiger partial charge in [0.2, 0.25) is 0 Å². The molecular weight excluding hydrogens is 235 g/mol. The number of halogens is 1. The molecule has 0 aliphatic rings. The zero-order valence-corrected chi connectivity index (χ0v) is 10.8. The molecule has 2 aromatic rings. The van der Waals surface area contributed by atoms with Crippen LogP contribution in [0.2, 0.25) is 0 Å². The van der Waals surface area contributed by atoms with E-state index in [0.717, 1.165) is 33.1 Å². The van der Waals surface area contributed by atoms with Gasteiger partial charge in [-0.05, 0) is 37.1 Å². The van der Waals surface area contributed by atoms with Crippen LogP contribution in [0.15, 0.2) is 18.2 Å². The van der Waals surface area contributed by atoms with Crippen LogP contribution in [0.5, 0.6) is 0 Å². The van der Waals surface area contributed by atoms with Crippen molar-refractivity contribution in [1.82, 2.24) is 4.98 Å². The molecule has 2 nitrogen and oxygen atoms in total. The lowest BCUT2D eigenvalue weighted by Gasteiger charge is -1.99. The maximum atomic E-state index is 13.3. The van der Waals surface area contributed by atoms with Gasteiger partial charge < -0.3 is 5.73 Å². The maximum absolute atomic E-state index is 13.3. The third kappa shape index (κ3) is 2.53. The fourth-order valence-corrected chi connectivity index (χ4v) is 2.82. The highest BCUT2D eigenvalue weighted by atomic mass is 32.1. The summed E-state index contributed by atoms with van der Waals surface area (Å²) in [6.07, 6.45) is 0.858. The van der Waals surface area contributed by atoms with E-state index in [2.05, 4.69) is 11.9 Å². The molecule has 1 heterocycles. The van der Waals surface area contributed by atoms with Crippen molar-refractivity contribution in [3.05, 3.63) is 40.2 Å². The predicted molar refractivity (Wildman–Crippen MR) is 69.5 cm³/mol. The largest absolute Gasteiger partial charge is 0.326 e. The van der Waals surface area contributed by atoms with Crippen LogP contribution in [0.4, 0.5) is 4.39 Å². The van der Waals surface area contributed by atoms with E-state index in [1.54, 1.807) is 11.3 Å². The minimum Gasteiger partial charge on any atom is -0.326 e. The molecule has 0 unspecified atom stereocenters. The van der Waals surface area contributed by atoms with Crippen molar-refractivity contribution in [2.45, 2.75) is 26.8 Å². The van der Waals surface area contributed by atoms with Gasteiger partial charge in [-0.1, -0.05) is 6.92 Å². The van der Waals surface area contributed by atoms with Crippen LogP contribution in [0.1, 0.15) is 23.1 Å². The number of nitrogens with two attached hydrogens (primary N) is 1. The number of thiazole rings is 1. The van der Waals surface area contributed by atoms with Crippen molar-refractivity contribution < 1.29 is 4.39 Å². The molecule has 0 aliphatic carbocycles. The maximum Gasteiger partial charge on any atom is 0.124 e. The fraction of sp³-hybridized carbons (Fsp3) is 0.308. The summed E-state index contributed by atoms with van der Waals surface area (Å²) in [7, 11) is 0. The molecule has 4 heteroatoms. The Labute approximate surface area is 104 Å². The smallest absolute Gasteiger partial charge is 0.124 e. The van der Waals surface area contributed by atoms with Crippen molar-refractivity contribution in [3.8, 4) is 10.6 Å². The third-order valence-corrected chi connectivity index (χ3v) is 3.76. The Balaban J connectivity index is 2.48. The standard InChI is InChI=1S/C13H15FN2S/c1-3-11-12(7-15)17-13(16-11)9-4-8(2)5-10(14)6-9/h4-6H,3,7,15H2,1-2H3. The van der Waals surface area contributed by atoms with Crippen molar-refractivity contribution in [2.24, 2.45) is 5.73 Å². The van der Waals surface area contributed by atoms with Crippen molar-refractivity contribution in [2.75, 3.05) is 0 Å². The molecular formula is C13H15FN2S. The van der Waals surface area contributed by atoms with Gasteiger partial charge in [0.05, 0.1) is 5.69 Å². The Bertz CT molecular complexity index is 492. The van der Waals surface area contributed by atoms with Gasteiger partial charge in [0, 0.05) is 17.0 Å². The van der Waals surface area contributed by atoms with Crippen LogP contribution in [0.3, 0.4) is 0 Å². The van der Waals surface area contributed by atoms with E-state index < -0.39 is 0 Å². The first-order valence-corrected chi connectivity index (χ1v) is 6.42. The second-order valence-electron chi connectivity index (χ2n) is 3.96. The van der Waals surface area contributed by atoms with Gasteiger partial charge in [0.15, 0.2) is 0 Å². The van der Waals surface area contributed by atoms with Gasteiger partial charge in [-0.25, -0.2) is 9.37 Å². The molecule has 1 aromatic heterocycles. The van der Waals surface area contributed by atoms with Gasteiger partial charge in [0.25, 0.3) is 0 Å². The molecule has 0 saturated heterocycles. The number of hydrogen-bond donors (Lipinski definition) is 1. The highest BCUT2D eigenvalue weighted by Crippen LogP contribution is 2.29. The van der Waals surface area contributed by atoms with Gasteiger partial charge >= 0.3 is 0 Å². The summed E-state index contributed by atoms with van der Waals surface area (Å²) < 4.78 is 13.3. The van der Waals surface area contributed by atoms with Crippen LogP contribution in [-0.2, 0) is 13.0 Å². The number of benzene rings is 1. The monoisotopic (exact) mass is 250 g/mol. The Morgan fingerprint density at radius 1 is 1.35 bits per heavy atom. The molecule has 2 rings (SSSR count). The number of aryl methyl sites for hydroxylation is 2. The van der Waals surface area contributed by atoms with Gasteiger partial charge in [-0.15, -0.1) is 11.3 Å². The summed E-state index contributed by atoms with van der Waals surface area (Å²) in [5.41, 5.74) is 8.44. The molecule has 0 fully saturated rings. The lowest BCUT2D eigenvalue weighted by atomic mass is 10.1. The van der Waals surface area contributed by atoms with E-state index in [4.69, 9.17) is 5.73 Å². The minimum atomic E-state index is -0.220. The first kappa shape index (κ1) is 12.2. The van der Waals surface area contributed by atoms with Crippen LogP contribution in [0.25, 0.3) is 10.6 Å². The highest BCUT2D eigenvalue weighted by Gasteiger charge is 2.11. The van der Waals surface area contributed by atoms with Crippen molar-refractivity contribution >= 4 is 11.3 Å². The first-order chi connectivity index (χ1) is 8.13. The summed E-state index contributed by atoms with van der Waals surface area (Å²) in [5, 5.41) is 0.852. The second-order valence-corrected chi connectivity index (χ2v) is 5.05. The molecule has 0 amide bonds. The topological polar surface area (TPSA) is 38.9 Å². The second kappa shape index (κ2) is 4.94. The number of rotatable bonds is 3. The molecule has 0 atom stereocenters. The molecule has 0 radical (unpaired) electrons. The summed E-state index contributed by atoms with van der Waals surface area (Å²) in [6.45, 7) is 4.43. The molecule has 0 aliphatic heterocycles. The van der Waals surface area contributed by atoms with E-state index >= 15 is 0 Å².